The van der Waals surface area contributed by atoms with Crippen LogP contribution in [0, 0.1) is 0 Å². The molecule has 0 saturated carbocycles. The number of para-hydroxylation sites is 1. The van der Waals surface area contributed by atoms with Crippen LogP contribution in [0.5, 0.6) is 5.75 Å². The zero-order chi connectivity index (χ0) is 21.1. The molecule has 1 saturated heterocycles. The summed E-state index contributed by atoms with van der Waals surface area (Å²) in [4.78, 5) is 39.6. The van der Waals surface area contributed by atoms with Gasteiger partial charge in [-0.15, -0.1) is 0 Å². The lowest BCUT2D eigenvalue weighted by Crippen LogP contribution is -2.58. The minimum atomic E-state index is -0.904. The van der Waals surface area contributed by atoms with Gasteiger partial charge in [-0.2, -0.15) is 0 Å². The second kappa shape index (κ2) is 8.02. The van der Waals surface area contributed by atoms with E-state index in [0.29, 0.717) is 30.8 Å². The number of nitrogens with zero attached hydrogens (tertiary/aromatic N) is 1. The van der Waals surface area contributed by atoms with Gasteiger partial charge in [0.1, 0.15) is 11.3 Å². The first-order valence-corrected chi connectivity index (χ1v) is 9.86. The Kier molecular flexibility index (Phi) is 5.27. The molecule has 0 radical (unpaired) electrons. The number of rotatable bonds is 4. The van der Waals surface area contributed by atoms with Crippen LogP contribution in [0.1, 0.15) is 18.4 Å². The van der Waals surface area contributed by atoms with E-state index < -0.39 is 11.4 Å². The summed E-state index contributed by atoms with van der Waals surface area (Å²) in [6, 6.07) is 14.6. The molecule has 7 nitrogen and oxygen atoms in total. The van der Waals surface area contributed by atoms with E-state index in [2.05, 4.69) is 10.6 Å². The van der Waals surface area contributed by atoms with Crippen molar-refractivity contribution in [2.45, 2.75) is 24.8 Å². The fourth-order valence-electron chi connectivity index (χ4n) is 4.17. The highest BCUT2D eigenvalue weighted by atomic mass is 16.5. The third-order valence-electron chi connectivity index (χ3n) is 5.64. The number of carbonyl (C=O) groups is 3. The van der Waals surface area contributed by atoms with Crippen LogP contribution in [0.15, 0.2) is 60.7 Å². The van der Waals surface area contributed by atoms with Crippen LogP contribution in [0.4, 0.5) is 11.4 Å². The zero-order valence-corrected chi connectivity index (χ0v) is 16.7. The van der Waals surface area contributed by atoms with Crippen molar-refractivity contribution in [1.29, 1.82) is 0 Å². The van der Waals surface area contributed by atoms with E-state index in [1.807, 2.05) is 24.3 Å². The fraction of sp³-hybridized carbons (Fsp3) is 0.261. The molecule has 0 bridgehead atoms. The van der Waals surface area contributed by atoms with Crippen molar-refractivity contribution < 1.29 is 19.1 Å². The van der Waals surface area contributed by atoms with Gasteiger partial charge in [-0.25, -0.2) is 0 Å². The summed E-state index contributed by atoms with van der Waals surface area (Å²) in [5.74, 6) is -0.317. The zero-order valence-electron chi connectivity index (χ0n) is 16.7. The van der Waals surface area contributed by atoms with Crippen molar-refractivity contribution in [2.75, 3.05) is 24.3 Å². The molecule has 2 aromatic rings. The lowest BCUT2D eigenvalue weighted by molar-refractivity contribution is -0.139. The highest BCUT2D eigenvalue weighted by molar-refractivity contribution is 6.07. The van der Waals surface area contributed by atoms with Crippen LogP contribution < -0.4 is 15.4 Å². The predicted molar refractivity (Wildman–Crippen MR) is 113 cm³/mol. The molecule has 154 valence electrons. The van der Waals surface area contributed by atoms with Gasteiger partial charge in [0.2, 0.25) is 11.8 Å². The summed E-state index contributed by atoms with van der Waals surface area (Å²) in [7, 11) is 1.55. The van der Waals surface area contributed by atoms with Crippen molar-refractivity contribution >= 4 is 29.1 Å². The van der Waals surface area contributed by atoms with Crippen LogP contribution in [-0.4, -0.2) is 41.8 Å². The van der Waals surface area contributed by atoms with Crippen LogP contribution in [0.3, 0.4) is 0 Å². The minimum Gasteiger partial charge on any atom is -0.497 e. The first-order chi connectivity index (χ1) is 14.5. The van der Waals surface area contributed by atoms with Gasteiger partial charge in [0.25, 0.3) is 5.91 Å². The number of nitrogens with one attached hydrogen (secondary N) is 2. The fourth-order valence-corrected chi connectivity index (χ4v) is 4.17. The SMILES string of the molecule is COc1cccc(NC(=O)/C=C/C(=O)N2CCCC23Cc2ccccc2NC3=O)c1. The Balaban J connectivity index is 1.47. The highest BCUT2D eigenvalue weighted by Crippen LogP contribution is 2.39. The molecule has 1 spiro atoms. The number of hydrogen-bond donors (Lipinski definition) is 2. The van der Waals surface area contributed by atoms with Crippen LogP contribution in [0.25, 0.3) is 0 Å². The van der Waals surface area contributed by atoms with Gasteiger partial charge in [0.05, 0.1) is 7.11 Å². The third-order valence-corrected chi connectivity index (χ3v) is 5.64. The Labute approximate surface area is 174 Å². The summed E-state index contributed by atoms with van der Waals surface area (Å²) in [6.45, 7) is 0.482. The Morgan fingerprint density at radius 2 is 2.00 bits per heavy atom. The van der Waals surface area contributed by atoms with Crippen molar-refractivity contribution in [1.82, 2.24) is 4.90 Å². The van der Waals surface area contributed by atoms with E-state index in [1.165, 1.54) is 12.2 Å². The molecule has 3 amide bonds. The predicted octanol–water partition coefficient (Wildman–Crippen LogP) is 2.75. The monoisotopic (exact) mass is 405 g/mol. The number of anilines is 2. The third kappa shape index (κ3) is 3.66. The average Bonchev–Trinajstić information content (AvgIpc) is 3.17. The maximum Gasteiger partial charge on any atom is 0.250 e. The number of fused-ring (bicyclic) bond motifs is 1. The maximum absolute atomic E-state index is 12.9. The van der Waals surface area contributed by atoms with E-state index >= 15 is 0 Å². The Hall–Kier alpha value is -3.61. The molecular weight excluding hydrogens is 382 g/mol. The Morgan fingerprint density at radius 1 is 1.17 bits per heavy atom. The highest BCUT2D eigenvalue weighted by Gasteiger charge is 2.51. The average molecular weight is 405 g/mol. The lowest BCUT2D eigenvalue weighted by Gasteiger charge is -2.40. The van der Waals surface area contributed by atoms with Crippen LogP contribution in [0.2, 0.25) is 0 Å². The van der Waals surface area contributed by atoms with Crippen LogP contribution >= 0.6 is 0 Å². The second-order valence-electron chi connectivity index (χ2n) is 7.47. The summed E-state index contributed by atoms with van der Waals surface area (Å²) in [6.07, 6.45) is 4.25. The molecule has 0 aliphatic carbocycles. The van der Waals surface area contributed by atoms with Crippen molar-refractivity contribution in [3.8, 4) is 5.75 Å². The number of ether oxygens (including phenoxy) is 1. The molecule has 1 atom stereocenters. The number of benzene rings is 2. The molecule has 2 heterocycles. The van der Waals surface area contributed by atoms with Crippen LogP contribution in [-0.2, 0) is 20.8 Å². The largest absolute Gasteiger partial charge is 0.497 e. The maximum atomic E-state index is 12.9. The number of likely N-dealkylation sites (tertiary alicyclic amines) is 1. The van der Waals surface area contributed by atoms with E-state index in [0.717, 1.165) is 17.7 Å². The standard InChI is InChI=1S/C23H23N3O4/c1-30-18-8-4-7-17(14-18)24-20(27)10-11-21(28)26-13-5-12-23(26)15-16-6-2-3-9-19(16)25-22(23)29/h2-4,6-11,14H,5,12-13,15H2,1H3,(H,24,27)(H,25,29)/b11-10+. The van der Waals surface area contributed by atoms with E-state index in [9.17, 15) is 14.4 Å². The first-order valence-electron chi connectivity index (χ1n) is 9.86. The molecule has 0 aromatic heterocycles. The van der Waals surface area contributed by atoms with Gasteiger partial charge < -0.3 is 20.3 Å². The number of carbonyl (C=O) groups excluding carboxylic acids is 3. The van der Waals surface area contributed by atoms with Gasteiger partial charge in [-0.3, -0.25) is 14.4 Å². The van der Waals surface area contributed by atoms with Gasteiger partial charge in [0.15, 0.2) is 0 Å². The molecule has 30 heavy (non-hydrogen) atoms. The molecular formula is C23H23N3O4. The summed E-state index contributed by atoms with van der Waals surface area (Å²) in [5, 5.41) is 5.64. The van der Waals surface area contributed by atoms with Gasteiger partial charge in [-0.1, -0.05) is 24.3 Å². The summed E-state index contributed by atoms with van der Waals surface area (Å²) >= 11 is 0. The number of hydrogen-bond acceptors (Lipinski definition) is 4. The molecule has 7 heteroatoms. The molecule has 2 N–H and O–H groups in total. The molecule has 2 aliphatic heterocycles. The lowest BCUT2D eigenvalue weighted by atomic mass is 9.83. The van der Waals surface area contributed by atoms with E-state index in [4.69, 9.17) is 4.74 Å². The molecule has 1 fully saturated rings. The Morgan fingerprint density at radius 3 is 2.83 bits per heavy atom. The molecule has 2 aliphatic rings. The summed E-state index contributed by atoms with van der Waals surface area (Å²) in [5.41, 5.74) is 1.47. The topological polar surface area (TPSA) is 87.7 Å². The minimum absolute atomic E-state index is 0.165. The Bertz CT molecular complexity index is 1030. The number of amides is 3. The quantitative estimate of drug-likeness (QED) is 0.766. The second-order valence-corrected chi connectivity index (χ2v) is 7.47. The first kappa shape index (κ1) is 19.7. The number of methoxy groups -OCH3 is 1. The van der Waals surface area contributed by atoms with Crippen molar-refractivity contribution in [3.63, 3.8) is 0 Å². The van der Waals surface area contributed by atoms with Gasteiger partial charge >= 0.3 is 0 Å². The van der Waals surface area contributed by atoms with Crippen molar-refractivity contribution in [2.24, 2.45) is 0 Å². The molecule has 1 unspecified atom stereocenters. The van der Waals surface area contributed by atoms with Gasteiger partial charge in [-0.05, 0) is 36.6 Å². The molecule has 2 aromatic carbocycles. The van der Waals surface area contributed by atoms with Gasteiger partial charge in [0, 0.05) is 42.6 Å². The smallest absolute Gasteiger partial charge is 0.250 e. The van der Waals surface area contributed by atoms with E-state index in [-0.39, 0.29) is 11.8 Å². The normalized spacial score (nSPS) is 20.2. The van der Waals surface area contributed by atoms with E-state index in [1.54, 1.807) is 36.3 Å². The summed E-state index contributed by atoms with van der Waals surface area (Å²) < 4.78 is 5.13. The van der Waals surface area contributed by atoms with Crippen molar-refractivity contribution in [3.05, 3.63) is 66.2 Å². The molecule has 4 rings (SSSR count).